The zero-order chi connectivity index (χ0) is 13.7. The third kappa shape index (κ3) is 3.43. The SMILES string of the molecule is CCCC(C)CCCCc1cnc2ncnn2c1N. The van der Waals surface area contributed by atoms with Gasteiger partial charge in [-0.1, -0.05) is 39.5 Å². The van der Waals surface area contributed by atoms with Crippen molar-refractivity contribution in [3.05, 3.63) is 18.1 Å². The van der Waals surface area contributed by atoms with E-state index in [0.717, 1.165) is 24.3 Å². The molecule has 5 nitrogen and oxygen atoms in total. The number of nitrogens with zero attached hydrogens (tertiary/aromatic N) is 4. The van der Waals surface area contributed by atoms with Gasteiger partial charge < -0.3 is 5.73 Å². The Morgan fingerprint density at radius 1 is 1.26 bits per heavy atom. The fraction of sp³-hybridized carbons (Fsp3) is 0.643. The van der Waals surface area contributed by atoms with Gasteiger partial charge in [0, 0.05) is 11.8 Å². The second-order valence-corrected chi connectivity index (χ2v) is 5.28. The quantitative estimate of drug-likeness (QED) is 0.778. The molecular formula is C14H23N5. The Hall–Kier alpha value is -1.65. The maximum Gasteiger partial charge on any atom is 0.254 e. The van der Waals surface area contributed by atoms with Crippen LogP contribution in [-0.2, 0) is 6.42 Å². The van der Waals surface area contributed by atoms with Gasteiger partial charge in [0.05, 0.1) is 0 Å². The smallest absolute Gasteiger partial charge is 0.254 e. The summed E-state index contributed by atoms with van der Waals surface area (Å²) in [6.07, 6.45) is 10.6. The molecule has 2 aromatic heterocycles. The fourth-order valence-corrected chi connectivity index (χ4v) is 2.47. The van der Waals surface area contributed by atoms with Crippen molar-refractivity contribution < 1.29 is 0 Å². The Bertz CT molecular complexity index is 520. The number of aryl methyl sites for hydroxylation is 1. The van der Waals surface area contributed by atoms with E-state index in [0.29, 0.717) is 11.6 Å². The Kier molecular flexibility index (Phi) is 4.71. The summed E-state index contributed by atoms with van der Waals surface area (Å²) in [4.78, 5) is 8.28. The van der Waals surface area contributed by atoms with Gasteiger partial charge in [0.25, 0.3) is 5.78 Å². The average molecular weight is 261 g/mol. The van der Waals surface area contributed by atoms with Crippen molar-refractivity contribution in [1.29, 1.82) is 0 Å². The second-order valence-electron chi connectivity index (χ2n) is 5.28. The Morgan fingerprint density at radius 3 is 2.89 bits per heavy atom. The summed E-state index contributed by atoms with van der Waals surface area (Å²) in [7, 11) is 0. The average Bonchev–Trinajstić information content (AvgIpc) is 2.86. The molecule has 2 heterocycles. The largest absolute Gasteiger partial charge is 0.383 e. The molecule has 0 fully saturated rings. The van der Waals surface area contributed by atoms with Gasteiger partial charge in [-0.05, 0) is 18.8 Å². The summed E-state index contributed by atoms with van der Waals surface area (Å²) in [6, 6.07) is 0. The number of anilines is 1. The molecular weight excluding hydrogens is 238 g/mol. The number of aromatic nitrogens is 4. The molecule has 19 heavy (non-hydrogen) atoms. The van der Waals surface area contributed by atoms with Gasteiger partial charge in [-0.25, -0.2) is 4.98 Å². The van der Waals surface area contributed by atoms with Crippen molar-refractivity contribution in [2.45, 2.75) is 52.4 Å². The standard InChI is InChI=1S/C14H23N5/c1-3-6-11(2)7-4-5-8-12-9-16-14-17-10-18-19(14)13(12)15/h9-11H,3-8,15H2,1-2H3. The first-order valence-corrected chi connectivity index (χ1v) is 7.15. The summed E-state index contributed by atoms with van der Waals surface area (Å²) in [5.41, 5.74) is 7.14. The Morgan fingerprint density at radius 2 is 2.11 bits per heavy atom. The number of hydrogen-bond acceptors (Lipinski definition) is 4. The van der Waals surface area contributed by atoms with Crippen LogP contribution in [-0.4, -0.2) is 19.6 Å². The molecule has 0 saturated carbocycles. The van der Waals surface area contributed by atoms with Crippen LogP contribution < -0.4 is 5.73 Å². The van der Waals surface area contributed by atoms with E-state index in [2.05, 4.69) is 28.9 Å². The van der Waals surface area contributed by atoms with Gasteiger partial charge in [0.15, 0.2) is 0 Å². The van der Waals surface area contributed by atoms with Crippen LogP contribution in [0.1, 0.15) is 51.5 Å². The van der Waals surface area contributed by atoms with Crippen LogP contribution in [0.15, 0.2) is 12.5 Å². The number of unbranched alkanes of at least 4 members (excludes halogenated alkanes) is 1. The first kappa shape index (κ1) is 13.8. The molecule has 0 bridgehead atoms. The lowest BCUT2D eigenvalue weighted by Gasteiger charge is -2.10. The van der Waals surface area contributed by atoms with E-state index in [1.54, 1.807) is 4.52 Å². The number of rotatable bonds is 7. The Labute approximate surface area is 114 Å². The van der Waals surface area contributed by atoms with Crippen LogP contribution in [0.3, 0.4) is 0 Å². The zero-order valence-corrected chi connectivity index (χ0v) is 11.8. The van der Waals surface area contributed by atoms with Crippen molar-refractivity contribution >= 4 is 11.6 Å². The maximum atomic E-state index is 6.07. The number of nitrogens with two attached hydrogens (primary N) is 1. The van der Waals surface area contributed by atoms with Gasteiger partial charge in [0.1, 0.15) is 12.1 Å². The van der Waals surface area contributed by atoms with Gasteiger partial charge in [-0.2, -0.15) is 14.6 Å². The molecule has 0 spiro atoms. The highest BCUT2D eigenvalue weighted by Crippen LogP contribution is 2.17. The molecule has 2 aromatic rings. The molecule has 0 aliphatic carbocycles. The molecule has 5 heteroatoms. The molecule has 0 aliphatic heterocycles. The molecule has 104 valence electrons. The van der Waals surface area contributed by atoms with E-state index in [4.69, 9.17) is 5.73 Å². The van der Waals surface area contributed by atoms with Crippen LogP contribution in [0.4, 0.5) is 5.82 Å². The van der Waals surface area contributed by atoms with Crippen LogP contribution in [0.25, 0.3) is 5.78 Å². The van der Waals surface area contributed by atoms with Crippen LogP contribution in [0, 0.1) is 5.92 Å². The minimum Gasteiger partial charge on any atom is -0.383 e. The van der Waals surface area contributed by atoms with Crippen molar-refractivity contribution in [3.63, 3.8) is 0 Å². The summed E-state index contributed by atoms with van der Waals surface area (Å²) < 4.78 is 1.61. The predicted octanol–water partition coefficient (Wildman–Crippen LogP) is 2.86. The van der Waals surface area contributed by atoms with Crippen molar-refractivity contribution in [3.8, 4) is 0 Å². The van der Waals surface area contributed by atoms with Crippen molar-refractivity contribution in [2.24, 2.45) is 5.92 Å². The maximum absolute atomic E-state index is 6.07. The summed E-state index contributed by atoms with van der Waals surface area (Å²) in [5, 5.41) is 4.08. The molecule has 0 aliphatic rings. The van der Waals surface area contributed by atoms with Crippen LogP contribution >= 0.6 is 0 Å². The number of nitrogen functional groups attached to an aromatic ring is 1. The molecule has 0 amide bonds. The van der Waals surface area contributed by atoms with E-state index in [-0.39, 0.29) is 0 Å². The normalized spacial score (nSPS) is 12.9. The fourth-order valence-electron chi connectivity index (χ4n) is 2.47. The summed E-state index contributed by atoms with van der Waals surface area (Å²) in [5.74, 6) is 2.07. The lowest BCUT2D eigenvalue weighted by atomic mass is 9.98. The molecule has 1 atom stereocenters. The van der Waals surface area contributed by atoms with E-state index >= 15 is 0 Å². The second kappa shape index (κ2) is 6.50. The topological polar surface area (TPSA) is 69.1 Å². The monoisotopic (exact) mass is 261 g/mol. The summed E-state index contributed by atoms with van der Waals surface area (Å²) >= 11 is 0. The highest BCUT2D eigenvalue weighted by molar-refractivity contribution is 5.45. The lowest BCUT2D eigenvalue weighted by Crippen LogP contribution is -2.05. The van der Waals surface area contributed by atoms with E-state index in [1.807, 2.05) is 6.20 Å². The van der Waals surface area contributed by atoms with E-state index in [9.17, 15) is 0 Å². The van der Waals surface area contributed by atoms with E-state index in [1.165, 1.54) is 32.0 Å². The highest BCUT2D eigenvalue weighted by Gasteiger charge is 2.07. The first-order valence-electron chi connectivity index (χ1n) is 7.15. The Balaban J connectivity index is 1.86. The molecule has 0 aromatic carbocycles. The zero-order valence-electron chi connectivity index (χ0n) is 11.8. The van der Waals surface area contributed by atoms with Gasteiger partial charge in [-0.3, -0.25) is 0 Å². The number of fused-ring (bicyclic) bond motifs is 1. The molecule has 1 unspecified atom stereocenters. The van der Waals surface area contributed by atoms with Gasteiger partial charge in [0.2, 0.25) is 0 Å². The van der Waals surface area contributed by atoms with Crippen LogP contribution in [0.2, 0.25) is 0 Å². The third-order valence-electron chi connectivity index (χ3n) is 3.60. The van der Waals surface area contributed by atoms with Gasteiger partial charge in [-0.15, -0.1) is 0 Å². The minimum absolute atomic E-state index is 0.567. The van der Waals surface area contributed by atoms with Crippen LogP contribution in [0.5, 0.6) is 0 Å². The number of hydrogen-bond donors (Lipinski definition) is 1. The lowest BCUT2D eigenvalue weighted by molar-refractivity contribution is 0.461. The predicted molar refractivity (Wildman–Crippen MR) is 76.8 cm³/mol. The first-order chi connectivity index (χ1) is 9.22. The van der Waals surface area contributed by atoms with E-state index < -0.39 is 0 Å². The third-order valence-corrected chi connectivity index (χ3v) is 3.60. The van der Waals surface area contributed by atoms with Gasteiger partial charge >= 0.3 is 0 Å². The summed E-state index contributed by atoms with van der Waals surface area (Å²) in [6.45, 7) is 4.58. The molecule has 2 N–H and O–H groups in total. The molecule has 0 radical (unpaired) electrons. The molecule has 0 saturated heterocycles. The van der Waals surface area contributed by atoms with Crippen molar-refractivity contribution in [1.82, 2.24) is 19.6 Å². The highest BCUT2D eigenvalue weighted by atomic mass is 15.3. The minimum atomic E-state index is 0.567. The van der Waals surface area contributed by atoms with Crippen molar-refractivity contribution in [2.75, 3.05) is 5.73 Å². The molecule has 2 rings (SSSR count).